The van der Waals surface area contributed by atoms with Crippen LogP contribution in [0.4, 0.5) is 8.78 Å². The highest BCUT2D eigenvalue weighted by molar-refractivity contribution is 7.88. The third kappa shape index (κ3) is 4.61. The van der Waals surface area contributed by atoms with Crippen molar-refractivity contribution < 1.29 is 17.2 Å². The summed E-state index contributed by atoms with van der Waals surface area (Å²) in [6.07, 6.45) is 2.53. The molecular formula is C19H20ClF2NO2S. The maximum absolute atomic E-state index is 13.9. The fraction of sp³-hybridized carbons (Fsp3) is 0.368. The summed E-state index contributed by atoms with van der Waals surface area (Å²) >= 11 is 5.93. The van der Waals surface area contributed by atoms with E-state index in [2.05, 4.69) is 0 Å². The summed E-state index contributed by atoms with van der Waals surface area (Å²) in [6, 6.07) is 10.3. The second kappa shape index (κ2) is 8.03. The Labute approximate surface area is 157 Å². The topological polar surface area (TPSA) is 37.4 Å². The first-order valence-corrected chi connectivity index (χ1v) is 10.5. The van der Waals surface area contributed by atoms with E-state index in [0.29, 0.717) is 18.1 Å². The summed E-state index contributed by atoms with van der Waals surface area (Å²) in [4.78, 5) is 0. The molecule has 1 saturated heterocycles. The van der Waals surface area contributed by atoms with Crippen LogP contribution in [0.15, 0.2) is 42.5 Å². The van der Waals surface area contributed by atoms with Crippen molar-refractivity contribution in [3.63, 3.8) is 0 Å². The molecular weight excluding hydrogens is 380 g/mol. The molecule has 1 atom stereocenters. The largest absolute Gasteiger partial charge is 0.218 e. The van der Waals surface area contributed by atoms with Crippen LogP contribution in [0.1, 0.15) is 36.3 Å². The first kappa shape index (κ1) is 19.3. The second-order valence-corrected chi connectivity index (χ2v) is 9.00. The highest BCUT2D eigenvalue weighted by Gasteiger charge is 2.29. The molecule has 1 aliphatic heterocycles. The highest BCUT2D eigenvalue weighted by atomic mass is 35.5. The normalized spacial score (nSPS) is 19.3. The molecule has 0 N–H and O–H groups in total. The molecule has 2 aromatic rings. The standard InChI is InChI=1S/C19H20ClF2NO2S/c20-17-6-4-14(5-7-17)15-3-1-2-10-23(12-15)26(24,25)13-16-11-18(21)8-9-19(16)22/h4-9,11,15H,1-3,10,12-13H2. The number of benzene rings is 2. The first-order valence-electron chi connectivity index (χ1n) is 8.52. The lowest BCUT2D eigenvalue weighted by atomic mass is 9.95. The van der Waals surface area contributed by atoms with Crippen molar-refractivity contribution in [3.8, 4) is 0 Å². The van der Waals surface area contributed by atoms with Crippen LogP contribution in [-0.2, 0) is 15.8 Å². The predicted octanol–water partition coefficient (Wildman–Crippen LogP) is 4.72. The Morgan fingerprint density at radius 2 is 1.81 bits per heavy atom. The van der Waals surface area contributed by atoms with Gasteiger partial charge in [0.25, 0.3) is 0 Å². The van der Waals surface area contributed by atoms with Crippen LogP contribution in [0.3, 0.4) is 0 Å². The van der Waals surface area contributed by atoms with Gasteiger partial charge in [-0.1, -0.05) is 30.2 Å². The van der Waals surface area contributed by atoms with Crippen LogP contribution in [0.2, 0.25) is 5.02 Å². The average Bonchev–Trinajstić information content (AvgIpc) is 2.85. The first-order chi connectivity index (χ1) is 12.3. The molecule has 0 spiro atoms. The second-order valence-electron chi connectivity index (χ2n) is 6.59. The van der Waals surface area contributed by atoms with Crippen molar-refractivity contribution >= 4 is 21.6 Å². The number of rotatable bonds is 4. The van der Waals surface area contributed by atoms with Gasteiger partial charge in [-0.3, -0.25) is 0 Å². The quantitative estimate of drug-likeness (QED) is 0.746. The van der Waals surface area contributed by atoms with Crippen LogP contribution in [0, 0.1) is 11.6 Å². The summed E-state index contributed by atoms with van der Waals surface area (Å²) in [6.45, 7) is 0.726. The third-order valence-corrected chi connectivity index (χ3v) is 6.76. The van der Waals surface area contributed by atoms with Gasteiger partial charge in [-0.15, -0.1) is 0 Å². The molecule has 0 radical (unpaired) electrons. The molecule has 3 rings (SSSR count). The average molecular weight is 400 g/mol. The predicted molar refractivity (Wildman–Crippen MR) is 98.6 cm³/mol. The molecule has 1 unspecified atom stereocenters. The van der Waals surface area contributed by atoms with E-state index in [1.807, 2.05) is 12.1 Å². The molecule has 0 aliphatic carbocycles. The Morgan fingerprint density at radius 3 is 2.54 bits per heavy atom. The van der Waals surface area contributed by atoms with Crippen molar-refractivity contribution in [2.24, 2.45) is 0 Å². The van der Waals surface area contributed by atoms with Crippen molar-refractivity contribution in [1.82, 2.24) is 4.31 Å². The molecule has 1 aliphatic rings. The van der Waals surface area contributed by atoms with Crippen molar-refractivity contribution in [3.05, 3.63) is 70.2 Å². The molecule has 140 valence electrons. The van der Waals surface area contributed by atoms with E-state index in [4.69, 9.17) is 11.6 Å². The van der Waals surface area contributed by atoms with Gasteiger partial charge in [-0.05, 0) is 54.7 Å². The lowest BCUT2D eigenvalue weighted by molar-refractivity contribution is 0.405. The van der Waals surface area contributed by atoms with Gasteiger partial charge in [0.2, 0.25) is 10.0 Å². The van der Waals surface area contributed by atoms with Crippen molar-refractivity contribution in [2.45, 2.75) is 30.9 Å². The van der Waals surface area contributed by atoms with Crippen LogP contribution in [0.5, 0.6) is 0 Å². The zero-order chi connectivity index (χ0) is 18.7. The highest BCUT2D eigenvalue weighted by Crippen LogP contribution is 2.29. The van der Waals surface area contributed by atoms with E-state index in [1.54, 1.807) is 12.1 Å². The van der Waals surface area contributed by atoms with Crippen LogP contribution in [0.25, 0.3) is 0 Å². The fourth-order valence-electron chi connectivity index (χ4n) is 3.31. The van der Waals surface area contributed by atoms with E-state index in [-0.39, 0.29) is 11.5 Å². The molecule has 0 amide bonds. The summed E-state index contributed by atoms with van der Waals surface area (Å²) < 4.78 is 54.3. The Morgan fingerprint density at radius 1 is 1.08 bits per heavy atom. The van der Waals surface area contributed by atoms with Crippen molar-refractivity contribution in [1.29, 1.82) is 0 Å². The van der Waals surface area contributed by atoms with Gasteiger partial charge in [0.05, 0.1) is 5.75 Å². The maximum Gasteiger partial charge on any atom is 0.218 e. The van der Waals surface area contributed by atoms with Crippen molar-refractivity contribution in [2.75, 3.05) is 13.1 Å². The molecule has 1 fully saturated rings. The maximum atomic E-state index is 13.9. The molecule has 0 bridgehead atoms. The molecule has 7 heteroatoms. The molecule has 0 saturated carbocycles. The van der Waals surface area contributed by atoms with Crippen LogP contribution >= 0.6 is 11.6 Å². The number of hydrogen-bond donors (Lipinski definition) is 0. The number of hydrogen-bond acceptors (Lipinski definition) is 2. The van der Waals surface area contributed by atoms with Crippen LogP contribution < -0.4 is 0 Å². The minimum Gasteiger partial charge on any atom is -0.212 e. The Hall–Kier alpha value is -1.50. The van der Waals surface area contributed by atoms with E-state index in [1.165, 1.54) is 4.31 Å². The number of halogens is 3. The summed E-state index contributed by atoms with van der Waals surface area (Å²) in [5.41, 5.74) is 0.894. The van der Waals surface area contributed by atoms with Gasteiger partial charge < -0.3 is 0 Å². The van der Waals surface area contributed by atoms with Gasteiger partial charge in [-0.25, -0.2) is 21.5 Å². The van der Waals surface area contributed by atoms with E-state index >= 15 is 0 Å². The number of sulfonamides is 1. The minimum absolute atomic E-state index is 0.0573. The lowest BCUT2D eigenvalue weighted by Crippen LogP contribution is -2.35. The summed E-state index contributed by atoms with van der Waals surface area (Å²) in [5, 5.41) is 0.633. The third-order valence-electron chi connectivity index (χ3n) is 4.71. The molecule has 2 aromatic carbocycles. The Balaban J connectivity index is 1.81. The molecule has 0 aromatic heterocycles. The SMILES string of the molecule is O=S(=O)(Cc1cc(F)ccc1F)N1CCCCC(c2ccc(Cl)cc2)C1. The minimum atomic E-state index is -3.75. The van der Waals surface area contributed by atoms with Gasteiger partial charge >= 0.3 is 0 Å². The lowest BCUT2D eigenvalue weighted by Gasteiger charge is -2.24. The zero-order valence-corrected chi connectivity index (χ0v) is 15.7. The molecule has 1 heterocycles. The Bertz CT molecular complexity index is 872. The summed E-state index contributed by atoms with van der Waals surface area (Å²) in [7, 11) is -3.75. The smallest absolute Gasteiger partial charge is 0.212 e. The molecule has 3 nitrogen and oxygen atoms in total. The van der Waals surface area contributed by atoms with Gasteiger partial charge in [0.15, 0.2) is 0 Å². The monoisotopic (exact) mass is 399 g/mol. The van der Waals surface area contributed by atoms with Gasteiger partial charge in [0, 0.05) is 23.7 Å². The number of nitrogens with zero attached hydrogens (tertiary/aromatic N) is 1. The van der Waals surface area contributed by atoms with Gasteiger partial charge in [0.1, 0.15) is 11.6 Å². The summed E-state index contributed by atoms with van der Waals surface area (Å²) in [5.74, 6) is -1.84. The molecule has 26 heavy (non-hydrogen) atoms. The Kier molecular flexibility index (Phi) is 5.95. The zero-order valence-electron chi connectivity index (χ0n) is 14.2. The van der Waals surface area contributed by atoms with E-state index in [0.717, 1.165) is 43.0 Å². The van der Waals surface area contributed by atoms with Crippen LogP contribution in [-0.4, -0.2) is 25.8 Å². The van der Waals surface area contributed by atoms with E-state index < -0.39 is 27.4 Å². The fourth-order valence-corrected chi connectivity index (χ4v) is 5.05. The van der Waals surface area contributed by atoms with E-state index in [9.17, 15) is 17.2 Å². The van der Waals surface area contributed by atoms with Gasteiger partial charge in [-0.2, -0.15) is 0 Å².